The van der Waals surface area contributed by atoms with Gasteiger partial charge in [-0.15, -0.1) is 0 Å². The summed E-state index contributed by atoms with van der Waals surface area (Å²) < 4.78 is 0. The second-order valence-electron chi connectivity index (χ2n) is 10.1. The summed E-state index contributed by atoms with van der Waals surface area (Å²) in [6.45, 7) is 4.91. The molecular weight excluding hydrogens is 420 g/mol. The molecule has 1 atom stereocenters. The van der Waals surface area contributed by atoms with Gasteiger partial charge in [0.25, 0.3) is 0 Å². The number of ketones is 1. The summed E-state index contributed by atoms with van der Waals surface area (Å²) in [7, 11) is 0. The maximum Gasteiger partial charge on any atom is 0.163 e. The molecule has 1 aromatic heterocycles. The lowest BCUT2D eigenvalue weighted by molar-refractivity contribution is -0.118. The number of benzene rings is 3. The van der Waals surface area contributed by atoms with Crippen LogP contribution in [0.5, 0.6) is 0 Å². The molecule has 170 valence electrons. The summed E-state index contributed by atoms with van der Waals surface area (Å²) >= 11 is 0. The molecule has 0 unspecified atom stereocenters. The van der Waals surface area contributed by atoms with Crippen LogP contribution in [0.15, 0.2) is 90.1 Å². The maximum atomic E-state index is 13.7. The standard InChI is InChI=1S/C29H28N4O/c1-29(2)16-23-27(25(34)17-29)28(19-10-4-3-5-11-19)33(24-15-9-8-14-22(24)30-23)18-26-31-20-12-6-7-13-21(20)32-26/h3-15,28,30H,16-18H2,1-2H3,(H,31,32)/t28-/m1/s1. The number of anilines is 2. The number of aromatic amines is 1. The third-order valence-corrected chi connectivity index (χ3v) is 6.88. The third-order valence-electron chi connectivity index (χ3n) is 6.88. The Morgan fingerprint density at radius 2 is 1.68 bits per heavy atom. The molecule has 3 aromatic carbocycles. The number of carbonyl (C=O) groups excluding carboxylic acids is 1. The number of nitrogens with one attached hydrogen (secondary N) is 2. The van der Waals surface area contributed by atoms with Crippen LogP contribution in [0.2, 0.25) is 0 Å². The monoisotopic (exact) mass is 448 g/mol. The zero-order valence-corrected chi connectivity index (χ0v) is 19.5. The van der Waals surface area contributed by atoms with E-state index in [4.69, 9.17) is 4.98 Å². The Morgan fingerprint density at radius 1 is 0.941 bits per heavy atom. The number of H-pyrrole nitrogens is 1. The van der Waals surface area contributed by atoms with Gasteiger partial charge in [-0.1, -0.05) is 68.4 Å². The van der Waals surface area contributed by atoms with E-state index in [9.17, 15) is 4.79 Å². The average Bonchev–Trinajstić information content (AvgIpc) is 3.17. The molecule has 0 radical (unpaired) electrons. The molecule has 4 aromatic rings. The fourth-order valence-electron chi connectivity index (χ4n) is 5.45. The molecule has 0 bridgehead atoms. The average molecular weight is 449 g/mol. The van der Waals surface area contributed by atoms with E-state index in [1.165, 1.54) is 0 Å². The van der Waals surface area contributed by atoms with Crippen LogP contribution in [-0.4, -0.2) is 15.8 Å². The van der Waals surface area contributed by atoms with E-state index in [2.05, 4.69) is 71.5 Å². The number of hydrogen-bond acceptors (Lipinski definition) is 4. The fraction of sp³-hybridized carbons (Fsp3) is 0.241. The molecule has 1 aliphatic heterocycles. The van der Waals surface area contributed by atoms with Crippen molar-refractivity contribution in [3.8, 4) is 0 Å². The van der Waals surface area contributed by atoms with Crippen LogP contribution in [-0.2, 0) is 11.3 Å². The van der Waals surface area contributed by atoms with Crippen molar-refractivity contribution in [1.29, 1.82) is 0 Å². The molecule has 1 aliphatic carbocycles. The summed E-state index contributed by atoms with van der Waals surface area (Å²) in [5.74, 6) is 1.10. The predicted octanol–water partition coefficient (Wildman–Crippen LogP) is 6.38. The Bertz CT molecular complexity index is 1380. The molecule has 2 N–H and O–H groups in total. The van der Waals surface area contributed by atoms with Crippen molar-refractivity contribution in [2.24, 2.45) is 5.41 Å². The van der Waals surface area contributed by atoms with E-state index in [1.54, 1.807) is 0 Å². The van der Waals surface area contributed by atoms with Crippen molar-refractivity contribution in [2.45, 2.75) is 39.3 Å². The summed E-state index contributed by atoms with van der Waals surface area (Å²) in [5.41, 5.74) is 7.00. The number of aromatic nitrogens is 2. The number of para-hydroxylation sites is 4. The number of rotatable bonds is 3. The van der Waals surface area contributed by atoms with Gasteiger partial charge in [-0.05, 0) is 41.7 Å². The highest BCUT2D eigenvalue weighted by Crippen LogP contribution is 2.48. The first-order valence-electron chi connectivity index (χ1n) is 11.9. The molecule has 2 heterocycles. The first-order chi connectivity index (χ1) is 16.5. The molecular formula is C29H28N4O. The van der Waals surface area contributed by atoms with Crippen LogP contribution < -0.4 is 10.2 Å². The Labute approximate surface area is 199 Å². The summed E-state index contributed by atoms with van der Waals surface area (Å²) in [6, 6.07) is 26.6. The Kier molecular flexibility index (Phi) is 4.80. The third kappa shape index (κ3) is 3.58. The number of hydrogen-bond donors (Lipinski definition) is 2. The van der Waals surface area contributed by atoms with Gasteiger partial charge >= 0.3 is 0 Å². The number of allylic oxidation sites excluding steroid dienone is 1. The molecule has 2 aliphatic rings. The van der Waals surface area contributed by atoms with Gasteiger partial charge in [0.2, 0.25) is 0 Å². The van der Waals surface area contributed by atoms with Gasteiger partial charge in [0, 0.05) is 17.7 Å². The van der Waals surface area contributed by atoms with E-state index < -0.39 is 0 Å². The minimum Gasteiger partial charge on any atom is -0.357 e. The molecule has 5 nitrogen and oxygen atoms in total. The number of fused-ring (bicyclic) bond motifs is 2. The topological polar surface area (TPSA) is 61.0 Å². The van der Waals surface area contributed by atoms with Gasteiger partial charge in [-0.25, -0.2) is 4.98 Å². The van der Waals surface area contributed by atoms with Crippen LogP contribution in [0.1, 0.15) is 44.1 Å². The number of carbonyl (C=O) groups is 1. The summed E-state index contributed by atoms with van der Waals surface area (Å²) in [5, 5.41) is 3.68. The maximum absolute atomic E-state index is 13.7. The highest BCUT2D eigenvalue weighted by molar-refractivity contribution is 6.01. The van der Waals surface area contributed by atoms with Crippen LogP contribution in [0.4, 0.5) is 11.4 Å². The Balaban J connectivity index is 1.56. The van der Waals surface area contributed by atoms with Gasteiger partial charge in [-0.3, -0.25) is 4.79 Å². The normalized spacial score (nSPS) is 19.4. The Hall–Kier alpha value is -3.86. The summed E-state index contributed by atoms with van der Waals surface area (Å²) in [6.07, 6.45) is 1.38. The van der Waals surface area contributed by atoms with E-state index in [0.29, 0.717) is 13.0 Å². The van der Waals surface area contributed by atoms with Crippen molar-refractivity contribution in [1.82, 2.24) is 9.97 Å². The largest absolute Gasteiger partial charge is 0.357 e. The number of imidazole rings is 1. The SMILES string of the molecule is CC1(C)CC(=O)C2=C(C1)Nc1ccccc1N(Cc1nc3ccccc3[nH]1)[C@@H]2c1ccccc1. The zero-order chi connectivity index (χ0) is 23.3. The predicted molar refractivity (Wildman–Crippen MR) is 137 cm³/mol. The van der Waals surface area contributed by atoms with Crippen molar-refractivity contribution in [3.05, 3.63) is 102 Å². The lowest BCUT2D eigenvalue weighted by Gasteiger charge is -2.37. The molecule has 34 heavy (non-hydrogen) atoms. The molecule has 0 saturated heterocycles. The lowest BCUT2D eigenvalue weighted by atomic mass is 9.73. The van der Waals surface area contributed by atoms with Crippen LogP contribution in [0.25, 0.3) is 11.0 Å². The number of Topliss-reactive ketones (excluding diaryl/α,β-unsaturated/α-hetero) is 1. The molecule has 6 rings (SSSR count). The molecule has 5 heteroatoms. The van der Waals surface area contributed by atoms with Crippen LogP contribution in [0.3, 0.4) is 0 Å². The molecule has 0 saturated carbocycles. The molecule has 0 spiro atoms. The van der Waals surface area contributed by atoms with Crippen molar-refractivity contribution in [2.75, 3.05) is 10.2 Å². The zero-order valence-electron chi connectivity index (χ0n) is 19.5. The van der Waals surface area contributed by atoms with Crippen molar-refractivity contribution in [3.63, 3.8) is 0 Å². The van der Waals surface area contributed by atoms with Gasteiger partial charge in [0.15, 0.2) is 5.78 Å². The first kappa shape index (κ1) is 20.7. The quantitative estimate of drug-likeness (QED) is 0.382. The second-order valence-corrected chi connectivity index (χ2v) is 10.1. The van der Waals surface area contributed by atoms with Crippen LogP contribution >= 0.6 is 0 Å². The highest BCUT2D eigenvalue weighted by atomic mass is 16.1. The van der Waals surface area contributed by atoms with Gasteiger partial charge in [-0.2, -0.15) is 0 Å². The number of nitrogens with zero attached hydrogens (tertiary/aromatic N) is 2. The van der Waals surface area contributed by atoms with E-state index >= 15 is 0 Å². The van der Waals surface area contributed by atoms with Gasteiger partial charge in [0.05, 0.1) is 35.0 Å². The second kappa shape index (κ2) is 7.87. The Morgan fingerprint density at radius 3 is 2.50 bits per heavy atom. The molecule has 0 fully saturated rings. The highest BCUT2D eigenvalue weighted by Gasteiger charge is 2.41. The smallest absolute Gasteiger partial charge is 0.163 e. The van der Waals surface area contributed by atoms with E-state index in [-0.39, 0.29) is 17.2 Å². The van der Waals surface area contributed by atoms with E-state index in [0.717, 1.165) is 51.5 Å². The first-order valence-corrected chi connectivity index (χ1v) is 11.9. The van der Waals surface area contributed by atoms with Crippen molar-refractivity contribution < 1.29 is 4.79 Å². The lowest BCUT2D eigenvalue weighted by Crippen LogP contribution is -2.36. The minimum atomic E-state index is -0.204. The molecule has 0 amide bonds. The summed E-state index contributed by atoms with van der Waals surface area (Å²) in [4.78, 5) is 24.4. The van der Waals surface area contributed by atoms with Gasteiger partial charge in [0.1, 0.15) is 5.82 Å². The van der Waals surface area contributed by atoms with Crippen molar-refractivity contribution >= 4 is 28.2 Å². The van der Waals surface area contributed by atoms with Crippen LogP contribution in [0, 0.1) is 5.41 Å². The minimum absolute atomic E-state index is 0.0764. The fourth-order valence-corrected chi connectivity index (χ4v) is 5.45. The van der Waals surface area contributed by atoms with Gasteiger partial charge < -0.3 is 15.2 Å². The van der Waals surface area contributed by atoms with E-state index in [1.807, 2.05) is 36.4 Å².